The van der Waals surface area contributed by atoms with Crippen LogP contribution in [-0.4, -0.2) is 28.9 Å². The van der Waals surface area contributed by atoms with Crippen molar-refractivity contribution in [2.75, 3.05) is 7.05 Å². The molecule has 1 unspecified atom stereocenters. The molecule has 0 spiro atoms. The summed E-state index contributed by atoms with van der Waals surface area (Å²) in [6.07, 6.45) is 0.471. The summed E-state index contributed by atoms with van der Waals surface area (Å²) < 4.78 is 13.2. The van der Waals surface area contributed by atoms with Gasteiger partial charge >= 0.3 is 5.97 Å². The first-order chi connectivity index (χ1) is 11.4. The molecule has 0 aliphatic heterocycles. The summed E-state index contributed by atoms with van der Waals surface area (Å²) in [6, 6.07) is 12.7. The highest BCUT2D eigenvalue weighted by Gasteiger charge is 2.18. The number of amides is 1. The van der Waals surface area contributed by atoms with E-state index in [9.17, 15) is 14.0 Å². The molecule has 2 aromatic carbocycles. The van der Waals surface area contributed by atoms with Gasteiger partial charge in [0.15, 0.2) is 0 Å². The SMILES string of the molecule is CC(Cc1cccc(F)c1)C(=O)N(C)Cc1ccc(C(=O)O)cc1. The van der Waals surface area contributed by atoms with Crippen LogP contribution in [0.15, 0.2) is 48.5 Å². The molecule has 5 heteroatoms. The fraction of sp³-hybridized carbons (Fsp3) is 0.263. The first kappa shape index (κ1) is 17.7. The van der Waals surface area contributed by atoms with Crippen LogP contribution >= 0.6 is 0 Å². The van der Waals surface area contributed by atoms with Gasteiger partial charge < -0.3 is 10.0 Å². The minimum atomic E-state index is -0.977. The fourth-order valence-corrected chi connectivity index (χ4v) is 2.59. The van der Waals surface area contributed by atoms with Crippen molar-refractivity contribution < 1.29 is 19.1 Å². The van der Waals surface area contributed by atoms with Gasteiger partial charge in [-0.25, -0.2) is 9.18 Å². The molecule has 2 rings (SSSR count). The van der Waals surface area contributed by atoms with Crippen LogP contribution in [0.3, 0.4) is 0 Å². The average Bonchev–Trinajstić information content (AvgIpc) is 2.54. The molecule has 0 aromatic heterocycles. The highest BCUT2D eigenvalue weighted by atomic mass is 19.1. The van der Waals surface area contributed by atoms with Crippen LogP contribution < -0.4 is 0 Å². The number of carbonyl (C=O) groups is 2. The van der Waals surface area contributed by atoms with Crippen molar-refractivity contribution in [2.45, 2.75) is 19.9 Å². The molecule has 0 saturated heterocycles. The van der Waals surface area contributed by atoms with E-state index in [0.717, 1.165) is 11.1 Å². The number of nitrogens with zero attached hydrogens (tertiary/aromatic N) is 1. The van der Waals surface area contributed by atoms with Gasteiger partial charge in [0.05, 0.1) is 5.56 Å². The number of hydrogen-bond donors (Lipinski definition) is 1. The number of rotatable bonds is 6. The third-order valence-electron chi connectivity index (χ3n) is 3.85. The molecule has 0 heterocycles. The van der Waals surface area contributed by atoms with Gasteiger partial charge in [-0.05, 0) is 41.8 Å². The normalized spacial score (nSPS) is 11.8. The predicted molar refractivity (Wildman–Crippen MR) is 89.1 cm³/mol. The lowest BCUT2D eigenvalue weighted by molar-refractivity contribution is -0.134. The molecule has 0 saturated carbocycles. The summed E-state index contributed by atoms with van der Waals surface area (Å²) in [6.45, 7) is 2.21. The first-order valence-corrected chi connectivity index (χ1v) is 7.68. The minimum absolute atomic E-state index is 0.0402. The van der Waals surface area contributed by atoms with Crippen molar-refractivity contribution in [2.24, 2.45) is 5.92 Å². The zero-order valence-electron chi connectivity index (χ0n) is 13.7. The van der Waals surface area contributed by atoms with E-state index < -0.39 is 5.97 Å². The standard InChI is InChI=1S/C19H20FNO3/c1-13(10-15-4-3-5-17(20)11-15)18(22)21(2)12-14-6-8-16(9-7-14)19(23)24/h3-9,11,13H,10,12H2,1-2H3,(H,23,24). The Morgan fingerprint density at radius 3 is 2.38 bits per heavy atom. The molecule has 24 heavy (non-hydrogen) atoms. The zero-order chi connectivity index (χ0) is 17.7. The smallest absolute Gasteiger partial charge is 0.335 e. The Morgan fingerprint density at radius 1 is 1.12 bits per heavy atom. The monoisotopic (exact) mass is 329 g/mol. The van der Waals surface area contributed by atoms with E-state index in [1.807, 2.05) is 6.92 Å². The quantitative estimate of drug-likeness (QED) is 0.884. The van der Waals surface area contributed by atoms with Crippen LogP contribution in [-0.2, 0) is 17.8 Å². The van der Waals surface area contributed by atoms with E-state index in [-0.39, 0.29) is 23.2 Å². The number of carboxylic acid groups (broad SMARTS) is 1. The summed E-state index contributed by atoms with van der Waals surface area (Å²) >= 11 is 0. The fourth-order valence-electron chi connectivity index (χ4n) is 2.59. The second-order valence-corrected chi connectivity index (χ2v) is 5.93. The molecular weight excluding hydrogens is 309 g/mol. The lowest BCUT2D eigenvalue weighted by Gasteiger charge is -2.21. The van der Waals surface area contributed by atoms with E-state index in [0.29, 0.717) is 13.0 Å². The maximum Gasteiger partial charge on any atom is 0.335 e. The molecule has 1 amide bonds. The molecule has 1 atom stereocenters. The number of aromatic carboxylic acids is 1. The Bertz CT molecular complexity index is 728. The third-order valence-corrected chi connectivity index (χ3v) is 3.85. The zero-order valence-corrected chi connectivity index (χ0v) is 13.7. The van der Waals surface area contributed by atoms with E-state index in [2.05, 4.69) is 0 Å². The van der Waals surface area contributed by atoms with Gasteiger partial charge in [-0.1, -0.05) is 31.2 Å². The topological polar surface area (TPSA) is 57.6 Å². The van der Waals surface area contributed by atoms with Crippen LogP contribution in [0, 0.1) is 11.7 Å². The molecule has 0 fully saturated rings. The Morgan fingerprint density at radius 2 is 1.79 bits per heavy atom. The van der Waals surface area contributed by atoms with Gasteiger partial charge in [0.25, 0.3) is 0 Å². The van der Waals surface area contributed by atoms with Gasteiger partial charge in [-0.2, -0.15) is 0 Å². The molecule has 126 valence electrons. The lowest BCUT2D eigenvalue weighted by atomic mass is 9.99. The predicted octanol–water partition coefficient (Wildman–Crippen LogP) is 3.36. The molecule has 0 radical (unpaired) electrons. The van der Waals surface area contributed by atoms with Crippen LogP contribution in [0.4, 0.5) is 4.39 Å². The van der Waals surface area contributed by atoms with Gasteiger partial charge in [0.2, 0.25) is 5.91 Å². The summed E-state index contributed by atoms with van der Waals surface area (Å²) in [7, 11) is 1.70. The number of halogens is 1. The van der Waals surface area contributed by atoms with Gasteiger partial charge in [0.1, 0.15) is 5.82 Å². The van der Waals surface area contributed by atoms with Crippen molar-refractivity contribution in [1.82, 2.24) is 4.90 Å². The van der Waals surface area contributed by atoms with E-state index in [1.165, 1.54) is 24.3 Å². The molecule has 4 nitrogen and oxygen atoms in total. The average molecular weight is 329 g/mol. The van der Waals surface area contributed by atoms with Crippen LogP contribution in [0.5, 0.6) is 0 Å². The Kier molecular flexibility index (Phi) is 5.68. The molecule has 0 bridgehead atoms. The lowest BCUT2D eigenvalue weighted by Crippen LogP contribution is -2.32. The number of carbonyl (C=O) groups excluding carboxylic acids is 1. The summed E-state index contributed by atoms with van der Waals surface area (Å²) in [4.78, 5) is 24.9. The van der Waals surface area contributed by atoms with E-state index >= 15 is 0 Å². The summed E-state index contributed by atoms with van der Waals surface area (Å²) in [5, 5.41) is 8.89. The van der Waals surface area contributed by atoms with Crippen molar-refractivity contribution in [3.63, 3.8) is 0 Å². The molecular formula is C19H20FNO3. The largest absolute Gasteiger partial charge is 0.478 e. The van der Waals surface area contributed by atoms with Crippen molar-refractivity contribution in [1.29, 1.82) is 0 Å². The van der Waals surface area contributed by atoms with Gasteiger partial charge in [0, 0.05) is 19.5 Å². The summed E-state index contributed by atoms with van der Waals surface area (Å²) in [5.41, 5.74) is 1.86. The van der Waals surface area contributed by atoms with E-state index in [1.54, 1.807) is 36.2 Å². The van der Waals surface area contributed by atoms with Crippen LogP contribution in [0.1, 0.15) is 28.4 Å². The Hall–Kier alpha value is -2.69. The third kappa shape index (κ3) is 4.65. The Balaban J connectivity index is 1.96. The second kappa shape index (κ2) is 7.73. The highest BCUT2D eigenvalue weighted by molar-refractivity contribution is 5.87. The van der Waals surface area contributed by atoms with Gasteiger partial charge in [-0.3, -0.25) is 4.79 Å². The molecule has 0 aliphatic carbocycles. The van der Waals surface area contributed by atoms with Crippen LogP contribution in [0.25, 0.3) is 0 Å². The summed E-state index contributed by atoms with van der Waals surface area (Å²) in [5.74, 6) is -1.59. The maximum atomic E-state index is 13.2. The first-order valence-electron chi connectivity index (χ1n) is 7.68. The number of benzene rings is 2. The Labute approximate surface area is 140 Å². The molecule has 0 aliphatic rings. The van der Waals surface area contributed by atoms with Gasteiger partial charge in [-0.15, -0.1) is 0 Å². The molecule has 1 N–H and O–H groups in total. The second-order valence-electron chi connectivity index (χ2n) is 5.93. The molecule has 2 aromatic rings. The van der Waals surface area contributed by atoms with Crippen molar-refractivity contribution in [3.05, 3.63) is 71.0 Å². The van der Waals surface area contributed by atoms with Crippen molar-refractivity contribution in [3.8, 4) is 0 Å². The number of carboxylic acids is 1. The minimum Gasteiger partial charge on any atom is -0.478 e. The van der Waals surface area contributed by atoms with Crippen molar-refractivity contribution >= 4 is 11.9 Å². The van der Waals surface area contributed by atoms with E-state index in [4.69, 9.17) is 5.11 Å². The maximum absolute atomic E-state index is 13.2. The van der Waals surface area contributed by atoms with Crippen LogP contribution in [0.2, 0.25) is 0 Å². The number of hydrogen-bond acceptors (Lipinski definition) is 2. The highest BCUT2D eigenvalue weighted by Crippen LogP contribution is 2.14.